The Morgan fingerprint density at radius 1 is 1.50 bits per heavy atom. The summed E-state index contributed by atoms with van der Waals surface area (Å²) >= 11 is 1.75. The van der Waals surface area contributed by atoms with Crippen LogP contribution in [0.15, 0.2) is 29.2 Å². The molecule has 1 aliphatic heterocycles. The number of thioether (sulfide) groups is 1. The Balaban J connectivity index is 1.89. The average molecular weight is 347 g/mol. The molecular weight excluding hydrogens is 326 g/mol. The number of carbonyl (C=O) groups is 1. The third-order valence-corrected chi connectivity index (χ3v) is 5.13. The van der Waals surface area contributed by atoms with Gasteiger partial charge in [-0.25, -0.2) is 4.98 Å². The third kappa shape index (κ3) is 3.47. The minimum absolute atomic E-state index is 0.0993. The van der Waals surface area contributed by atoms with Gasteiger partial charge in [-0.1, -0.05) is 6.07 Å². The molecule has 0 saturated carbocycles. The molecule has 6 nitrogen and oxygen atoms in total. The monoisotopic (exact) mass is 347 g/mol. The number of fused-ring (bicyclic) bond motifs is 1. The van der Waals surface area contributed by atoms with E-state index in [0.717, 1.165) is 17.9 Å². The Kier molecular flexibility index (Phi) is 5.20. The second-order valence-electron chi connectivity index (χ2n) is 5.78. The van der Waals surface area contributed by atoms with Gasteiger partial charge in [0.25, 0.3) is 5.56 Å². The normalized spacial score (nSPS) is 18.7. The molecule has 0 unspecified atom stereocenters. The molecule has 2 aromatic rings. The van der Waals surface area contributed by atoms with Crippen LogP contribution in [0.25, 0.3) is 5.65 Å². The zero-order valence-electron chi connectivity index (χ0n) is 13.9. The van der Waals surface area contributed by atoms with E-state index in [0.29, 0.717) is 30.2 Å². The number of hydrogen-bond donors (Lipinski definition) is 0. The molecule has 1 aliphatic rings. The zero-order chi connectivity index (χ0) is 17.1. The number of ether oxygens (including phenoxy) is 1. The summed E-state index contributed by atoms with van der Waals surface area (Å²) < 4.78 is 6.73. The molecule has 0 amide bonds. The molecule has 1 saturated heterocycles. The number of aromatic nitrogens is 2. The lowest BCUT2D eigenvalue weighted by atomic mass is 10.2. The van der Waals surface area contributed by atoms with E-state index in [1.165, 1.54) is 0 Å². The van der Waals surface area contributed by atoms with Crippen LogP contribution in [-0.4, -0.2) is 51.0 Å². The minimum atomic E-state index is -0.277. The van der Waals surface area contributed by atoms with E-state index in [2.05, 4.69) is 9.88 Å². The van der Waals surface area contributed by atoms with Crippen LogP contribution in [0.3, 0.4) is 0 Å². The first-order chi connectivity index (χ1) is 11.6. The fourth-order valence-corrected chi connectivity index (χ4v) is 3.98. The van der Waals surface area contributed by atoms with E-state index < -0.39 is 0 Å². The lowest BCUT2D eigenvalue weighted by molar-refractivity contribution is -0.148. The molecule has 0 spiro atoms. The summed E-state index contributed by atoms with van der Waals surface area (Å²) in [5.41, 5.74) is 2.21. The predicted molar refractivity (Wildman–Crippen MR) is 94.4 cm³/mol. The summed E-state index contributed by atoms with van der Waals surface area (Å²) in [4.78, 5) is 31.2. The van der Waals surface area contributed by atoms with Crippen molar-refractivity contribution in [2.24, 2.45) is 0 Å². The van der Waals surface area contributed by atoms with Crippen molar-refractivity contribution in [2.45, 2.75) is 26.4 Å². The van der Waals surface area contributed by atoms with E-state index in [-0.39, 0.29) is 17.6 Å². The number of esters is 1. The summed E-state index contributed by atoms with van der Waals surface area (Å²) in [7, 11) is 0. The van der Waals surface area contributed by atoms with Gasteiger partial charge in [-0.3, -0.25) is 18.9 Å². The van der Waals surface area contributed by atoms with E-state index >= 15 is 0 Å². The van der Waals surface area contributed by atoms with Crippen LogP contribution in [0, 0.1) is 6.92 Å². The Bertz CT molecular complexity index is 805. The van der Waals surface area contributed by atoms with Crippen molar-refractivity contribution >= 4 is 23.4 Å². The number of pyridine rings is 1. The maximum absolute atomic E-state index is 12.3. The van der Waals surface area contributed by atoms with Crippen LogP contribution in [0.4, 0.5) is 0 Å². The topological polar surface area (TPSA) is 63.9 Å². The van der Waals surface area contributed by atoms with Crippen molar-refractivity contribution in [3.63, 3.8) is 0 Å². The van der Waals surface area contributed by atoms with Gasteiger partial charge in [-0.05, 0) is 25.5 Å². The van der Waals surface area contributed by atoms with Gasteiger partial charge >= 0.3 is 5.97 Å². The van der Waals surface area contributed by atoms with Crippen molar-refractivity contribution < 1.29 is 9.53 Å². The highest BCUT2D eigenvalue weighted by Gasteiger charge is 2.30. The molecule has 1 atom stereocenters. The van der Waals surface area contributed by atoms with E-state index in [1.54, 1.807) is 28.4 Å². The standard InChI is InChI=1S/C17H21N3O3S/c1-3-23-17(22)14-11-24-8-7-19(14)10-13-9-15(21)20-6-4-5-12(2)16(20)18-13/h4-6,9,14H,3,7-8,10-11H2,1-2H3/t14-/m1/s1. The summed E-state index contributed by atoms with van der Waals surface area (Å²) in [5.74, 6) is 1.48. The Morgan fingerprint density at radius 3 is 3.12 bits per heavy atom. The number of aryl methyl sites for hydroxylation is 1. The van der Waals surface area contributed by atoms with Crippen LogP contribution in [-0.2, 0) is 16.1 Å². The number of hydrogen-bond acceptors (Lipinski definition) is 6. The van der Waals surface area contributed by atoms with Crippen LogP contribution >= 0.6 is 11.8 Å². The first-order valence-corrected chi connectivity index (χ1v) is 9.22. The first-order valence-electron chi connectivity index (χ1n) is 8.06. The molecule has 0 radical (unpaired) electrons. The second-order valence-corrected chi connectivity index (χ2v) is 6.93. The van der Waals surface area contributed by atoms with Crippen molar-refractivity contribution in [3.8, 4) is 0 Å². The summed E-state index contributed by atoms with van der Waals surface area (Å²) in [6, 6.07) is 5.05. The zero-order valence-corrected chi connectivity index (χ0v) is 14.7. The Labute approximate surface area is 144 Å². The van der Waals surface area contributed by atoms with Gasteiger partial charge in [0.1, 0.15) is 11.7 Å². The van der Waals surface area contributed by atoms with Gasteiger partial charge in [0.05, 0.1) is 12.3 Å². The maximum Gasteiger partial charge on any atom is 0.324 e. The van der Waals surface area contributed by atoms with Gasteiger partial charge in [0.15, 0.2) is 0 Å². The fraction of sp³-hybridized carbons (Fsp3) is 0.471. The highest BCUT2D eigenvalue weighted by molar-refractivity contribution is 7.99. The van der Waals surface area contributed by atoms with Crippen LogP contribution < -0.4 is 5.56 Å². The largest absolute Gasteiger partial charge is 0.465 e. The molecule has 3 rings (SSSR count). The quantitative estimate of drug-likeness (QED) is 0.781. The smallest absolute Gasteiger partial charge is 0.324 e. The first kappa shape index (κ1) is 17.0. The molecule has 128 valence electrons. The van der Waals surface area contributed by atoms with Crippen molar-refractivity contribution in [3.05, 3.63) is 46.0 Å². The molecule has 0 bridgehead atoms. The van der Waals surface area contributed by atoms with Crippen LogP contribution in [0.5, 0.6) is 0 Å². The van der Waals surface area contributed by atoms with E-state index in [4.69, 9.17) is 4.74 Å². The Hall–Kier alpha value is -1.86. The van der Waals surface area contributed by atoms with Gasteiger partial charge in [-0.15, -0.1) is 0 Å². The molecule has 0 aliphatic carbocycles. The average Bonchev–Trinajstić information content (AvgIpc) is 2.57. The second kappa shape index (κ2) is 7.36. The Morgan fingerprint density at radius 2 is 2.33 bits per heavy atom. The number of nitrogens with zero attached hydrogens (tertiary/aromatic N) is 3. The van der Waals surface area contributed by atoms with E-state index in [1.807, 2.05) is 26.0 Å². The molecule has 1 fully saturated rings. The molecule has 24 heavy (non-hydrogen) atoms. The lowest BCUT2D eigenvalue weighted by Gasteiger charge is -2.33. The summed E-state index contributed by atoms with van der Waals surface area (Å²) in [6.45, 7) is 5.38. The minimum Gasteiger partial charge on any atom is -0.465 e. The van der Waals surface area contributed by atoms with Crippen molar-refractivity contribution in [1.29, 1.82) is 0 Å². The number of rotatable bonds is 4. The van der Waals surface area contributed by atoms with Crippen LogP contribution in [0.2, 0.25) is 0 Å². The van der Waals surface area contributed by atoms with Crippen molar-refractivity contribution in [1.82, 2.24) is 14.3 Å². The molecule has 0 N–H and O–H groups in total. The molecule has 2 aromatic heterocycles. The SMILES string of the molecule is CCOC(=O)[C@H]1CSCCN1Cc1cc(=O)n2cccc(C)c2n1. The molecule has 0 aromatic carbocycles. The predicted octanol–water partition coefficient (Wildman–Crippen LogP) is 1.48. The summed E-state index contributed by atoms with van der Waals surface area (Å²) in [5, 5.41) is 0. The van der Waals surface area contributed by atoms with Gasteiger partial charge in [0, 0.05) is 36.9 Å². The lowest BCUT2D eigenvalue weighted by Crippen LogP contribution is -2.47. The van der Waals surface area contributed by atoms with E-state index in [9.17, 15) is 9.59 Å². The summed E-state index contributed by atoms with van der Waals surface area (Å²) in [6.07, 6.45) is 1.72. The maximum atomic E-state index is 12.3. The molecule has 3 heterocycles. The van der Waals surface area contributed by atoms with Gasteiger partial charge < -0.3 is 4.74 Å². The van der Waals surface area contributed by atoms with Gasteiger partial charge in [0.2, 0.25) is 0 Å². The van der Waals surface area contributed by atoms with Crippen LogP contribution in [0.1, 0.15) is 18.2 Å². The molecular formula is C17H21N3O3S. The van der Waals surface area contributed by atoms with Gasteiger partial charge in [-0.2, -0.15) is 11.8 Å². The molecule has 7 heteroatoms. The fourth-order valence-electron chi connectivity index (χ4n) is 2.88. The number of carbonyl (C=O) groups excluding carboxylic acids is 1. The van der Waals surface area contributed by atoms with Crippen molar-refractivity contribution in [2.75, 3.05) is 24.7 Å². The third-order valence-electron chi connectivity index (χ3n) is 4.10. The highest BCUT2D eigenvalue weighted by Crippen LogP contribution is 2.19. The highest BCUT2D eigenvalue weighted by atomic mass is 32.2.